The number of carbonyl (C=O) groups is 1. The van der Waals surface area contributed by atoms with Crippen LogP contribution in [-0.4, -0.2) is 29.6 Å². The maximum absolute atomic E-state index is 10.6. The zero-order valence-corrected chi connectivity index (χ0v) is 8.17. The summed E-state index contributed by atoms with van der Waals surface area (Å²) in [6, 6.07) is 0. The molecule has 1 atom stereocenters. The van der Waals surface area contributed by atoms with Crippen LogP contribution < -0.4 is 0 Å². The summed E-state index contributed by atoms with van der Waals surface area (Å²) >= 11 is 0. The van der Waals surface area contributed by atoms with Crippen LogP contribution >= 0.6 is 0 Å². The molecule has 0 saturated carbocycles. The minimum Gasteiger partial charge on any atom is -0.454 e. The molecule has 0 bridgehead atoms. The predicted molar refractivity (Wildman–Crippen MR) is 43.5 cm³/mol. The van der Waals surface area contributed by atoms with Crippen molar-refractivity contribution in [2.45, 2.75) is 39.1 Å². The van der Waals surface area contributed by atoms with Crippen LogP contribution in [0.2, 0.25) is 0 Å². The van der Waals surface area contributed by atoms with Gasteiger partial charge in [0.15, 0.2) is 5.60 Å². The smallest absolute Gasteiger partial charge is 0.303 e. The topological polar surface area (TPSA) is 55.8 Å². The van der Waals surface area contributed by atoms with Crippen LogP contribution in [0.15, 0.2) is 0 Å². The molecule has 0 aromatic rings. The molecule has 0 amide bonds. The highest BCUT2D eigenvalue weighted by Crippen LogP contribution is 2.26. The van der Waals surface area contributed by atoms with E-state index in [0.717, 1.165) is 0 Å². The van der Waals surface area contributed by atoms with E-state index in [-0.39, 0.29) is 0 Å². The molecule has 0 radical (unpaired) electrons. The highest BCUT2D eigenvalue weighted by atomic mass is 16.7. The summed E-state index contributed by atoms with van der Waals surface area (Å²) in [7, 11) is 1.35. The minimum atomic E-state index is -1.47. The third kappa shape index (κ3) is 2.46. The number of rotatable bonds is 3. The van der Waals surface area contributed by atoms with E-state index in [0.29, 0.717) is 0 Å². The van der Waals surface area contributed by atoms with Gasteiger partial charge in [-0.2, -0.15) is 0 Å². The third-order valence-electron chi connectivity index (χ3n) is 1.91. The SMILES string of the molecule is COC(C)(O)C(C)(C)OC(C)=O. The van der Waals surface area contributed by atoms with Crippen LogP contribution in [0.3, 0.4) is 0 Å². The summed E-state index contributed by atoms with van der Waals surface area (Å²) in [6.07, 6.45) is 0. The Morgan fingerprint density at radius 3 is 2.00 bits per heavy atom. The Kier molecular flexibility index (Phi) is 3.24. The Balaban J connectivity index is 4.48. The fraction of sp³-hybridized carbons (Fsp3) is 0.875. The highest BCUT2D eigenvalue weighted by molar-refractivity contribution is 5.66. The number of ether oxygens (including phenoxy) is 2. The van der Waals surface area contributed by atoms with Crippen molar-refractivity contribution in [1.29, 1.82) is 0 Å². The average molecular weight is 176 g/mol. The van der Waals surface area contributed by atoms with E-state index < -0.39 is 17.4 Å². The van der Waals surface area contributed by atoms with Gasteiger partial charge < -0.3 is 14.6 Å². The highest BCUT2D eigenvalue weighted by Gasteiger charge is 2.42. The van der Waals surface area contributed by atoms with Crippen molar-refractivity contribution < 1.29 is 19.4 Å². The van der Waals surface area contributed by atoms with Gasteiger partial charge in [0, 0.05) is 14.0 Å². The summed E-state index contributed by atoms with van der Waals surface area (Å²) in [5.74, 6) is -1.92. The molecule has 0 spiro atoms. The van der Waals surface area contributed by atoms with Crippen molar-refractivity contribution >= 4 is 5.97 Å². The van der Waals surface area contributed by atoms with E-state index in [1.165, 1.54) is 21.0 Å². The van der Waals surface area contributed by atoms with E-state index in [9.17, 15) is 9.90 Å². The Morgan fingerprint density at radius 1 is 1.33 bits per heavy atom. The molecule has 0 heterocycles. The van der Waals surface area contributed by atoms with E-state index in [1.807, 2.05) is 0 Å². The molecule has 72 valence electrons. The molecule has 12 heavy (non-hydrogen) atoms. The lowest BCUT2D eigenvalue weighted by Crippen LogP contribution is -2.51. The van der Waals surface area contributed by atoms with Crippen molar-refractivity contribution in [1.82, 2.24) is 0 Å². The van der Waals surface area contributed by atoms with Crippen molar-refractivity contribution in [2.24, 2.45) is 0 Å². The van der Waals surface area contributed by atoms with Crippen LogP contribution in [0.5, 0.6) is 0 Å². The number of esters is 1. The maximum atomic E-state index is 10.6. The summed E-state index contributed by atoms with van der Waals surface area (Å²) in [4.78, 5) is 10.6. The summed E-state index contributed by atoms with van der Waals surface area (Å²) in [5.41, 5.74) is -1.05. The maximum Gasteiger partial charge on any atom is 0.303 e. The first-order chi connectivity index (χ1) is 5.23. The molecule has 0 rings (SSSR count). The van der Waals surface area contributed by atoms with Crippen LogP contribution in [0.25, 0.3) is 0 Å². The van der Waals surface area contributed by atoms with Gasteiger partial charge in [-0.25, -0.2) is 0 Å². The fourth-order valence-electron chi connectivity index (χ4n) is 0.700. The predicted octanol–water partition coefficient (Wildman–Crippen LogP) is 0.683. The molecule has 4 nitrogen and oxygen atoms in total. The van der Waals surface area contributed by atoms with Gasteiger partial charge in [-0.15, -0.1) is 0 Å². The Bertz CT molecular complexity index is 172. The second kappa shape index (κ2) is 3.41. The second-order valence-electron chi connectivity index (χ2n) is 3.29. The molecule has 0 aromatic carbocycles. The van der Waals surface area contributed by atoms with Gasteiger partial charge in [0.1, 0.15) is 0 Å². The standard InChI is InChI=1S/C8H16O4/c1-6(9)12-7(2,3)8(4,10)11-5/h10H,1-5H3. The molecular weight excluding hydrogens is 160 g/mol. The number of carbonyl (C=O) groups excluding carboxylic acids is 1. The quantitative estimate of drug-likeness (QED) is 0.507. The lowest BCUT2D eigenvalue weighted by Gasteiger charge is -2.37. The largest absolute Gasteiger partial charge is 0.454 e. The monoisotopic (exact) mass is 176 g/mol. The average Bonchev–Trinajstić information content (AvgIpc) is 1.84. The molecule has 4 heteroatoms. The molecule has 0 aliphatic heterocycles. The van der Waals surface area contributed by atoms with Crippen LogP contribution in [0.4, 0.5) is 0 Å². The van der Waals surface area contributed by atoms with Gasteiger partial charge >= 0.3 is 5.97 Å². The van der Waals surface area contributed by atoms with Crippen LogP contribution in [-0.2, 0) is 14.3 Å². The molecule has 0 aliphatic rings. The van der Waals surface area contributed by atoms with Gasteiger partial charge in [-0.1, -0.05) is 0 Å². The summed E-state index contributed by atoms with van der Waals surface area (Å²) in [5, 5.41) is 9.60. The normalized spacial score (nSPS) is 16.8. The number of hydrogen-bond donors (Lipinski definition) is 1. The van der Waals surface area contributed by atoms with Crippen molar-refractivity contribution in [3.8, 4) is 0 Å². The summed E-state index contributed by atoms with van der Waals surface area (Å²) < 4.78 is 9.66. The van der Waals surface area contributed by atoms with Crippen LogP contribution in [0, 0.1) is 0 Å². The van der Waals surface area contributed by atoms with E-state index in [2.05, 4.69) is 0 Å². The Morgan fingerprint density at radius 2 is 1.75 bits per heavy atom. The molecule has 1 unspecified atom stereocenters. The Hall–Kier alpha value is -0.610. The van der Waals surface area contributed by atoms with Gasteiger partial charge in [0.05, 0.1) is 0 Å². The minimum absolute atomic E-state index is 0.447. The lowest BCUT2D eigenvalue weighted by molar-refractivity contribution is -0.272. The van der Waals surface area contributed by atoms with Crippen molar-refractivity contribution in [2.75, 3.05) is 7.11 Å². The third-order valence-corrected chi connectivity index (χ3v) is 1.91. The molecule has 1 N–H and O–H groups in total. The number of methoxy groups -OCH3 is 1. The van der Waals surface area contributed by atoms with Gasteiger partial charge in [-0.3, -0.25) is 4.79 Å². The molecular formula is C8H16O4. The van der Waals surface area contributed by atoms with Crippen molar-refractivity contribution in [3.63, 3.8) is 0 Å². The van der Waals surface area contributed by atoms with Gasteiger partial charge in [0.25, 0.3) is 0 Å². The molecule has 0 fully saturated rings. The molecule has 0 aliphatic carbocycles. The molecule has 0 saturated heterocycles. The zero-order valence-electron chi connectivity index (χ0n) is 8.17. The summed E-state index contributed by atoms with van der Waals surface area (Å²) in [6.45, 7) is 5.89. The van der Waals surface area contributed by atoms with Gasteiger partial charge in [0.2, 0.25) is 5.79 Å². The first kappa shape index (κ1) is 11.4. The first-order valence-electron chi connectivity index (χ1n) is 3.70. The lowest BCUT2D eigenvalue weighted by atomic mass is 9.99. The number of aliphatic hydroxyl groups is 1. The van der Waals surface area contributed by atoms with Gasteiger partial charge in [-0.05, 0) is 20.8 Å². The van der Waals surface area contributed by atoms with E-state index >= 15 is 0 Å². The van der Waals surface area contributed by atoms with Crippen LogP contribution in [0.1, 0.15) is 27.7 Å². The zero-order chi connectivity index (χ0) is 9.99. The van der Waals surface area contributed by atoms with E-state index in [4.69, 9.17) is 9.47 Å². The first-order valence-corrected chi connectivity index (χ1v) is 3.70. The van der Waals surface area contributed by atoms with Crippen molar-refractivity contribution in [3.05, 3.63) is 0 Å². The Labute approximate surface area is 72.5 Å². The van der Waals surface area contributed by atoms with E-state index in [1.54, 1.807) is 13.8 Å². The second-order valence-corrected chi connectivity index (χ2v) is 3.29. The molecule has 0 aromatic heterocycles. The number of hydrogen-bond acceptors (Lipinski definition) is 4. The fourth-order valence-corrected chi connectivity index (χ4v) is 0.700.